The highest BCUT2D eigenvalue weighted by atomic mass is 16.6. The van der Waals surface area contributed by atoms with E-state index in [1.165, 1.54) is 6.07 Å². The molecule has 0 spiro atoms. The van der Waals surface area contributed by atoms with Crippen molar-refractivity contribution in [1.29, 1.82) is 0 Å². The van der Waals surface area contributed by atoms with Gasteiger partial charge in [-0.2, -0.15) is 0 Å². The zero-order valence-electron chi connectivity index (χ0n) is 14.5. The fraction of sp³-hybridized carbons (Fsp3) is 0.625. The molecule has 0 atom stereocenters. The Balaban J connectivity index is 1.95. The van der Waals surface area contributed by atoms with Crippen LogP contribution in [0, 0.1) is 17.0 Å². The van der Waals surface area contributed by atoms with Crippen molar-refractivity contribution in [3.05, 3.63) is 27.9 Å². The van der Waals surface area contributed by atoms with Crippen LogP contribution >= 0.6 is 0 Å². The molecule has 8 nitrogen and oxygen atoms in total. The fourth-order valence-electron chi connectivity index (χ4n) is 2.53. The van der Waals surface area contributed by atoms with Gasteiger partial charge in [-0.3, -0.25) is 10.1 Å². The summed E-state index contributed by atoms with van der Waals surface area (Å²) in [5, 5.41) is 14.3. The molecular weight excluding hydrogens is 312 g/mol. The second-order valence-electron chi connectivity index (χ2n) is 6.96. The second-order valence-corrected chi connectivity index (χ2v) is 6.96. The zero-order chi connectivity index (χ0) is 17.9. The van der Waals surface area contributed by atoms with E-state index in [4.69, 9.17) is 4.74 Å². The van der Waals surface area contributed by atoms with Gasteiger partial charge < -0.3 is 15.0 Å². The maximum atomic E-state index is 12.0. The first-order chi connectivity index (χ1) is 11.2. The average molecular weight is 336 g/mol. The average Bonchev–Trinajstić information content (AvgIpc) is 2.46. The van der Waals surface area contributed by atoms with E-state index < -0.39 is 10.5 Å². The Labute approximate surface area is 141 Å². The van der Waals surface area contributed by atoms with Crippen molar-refractivity contribution in [1.82, 2.24) is 9.88 Å². The van der Waals surface area contributed by atoms with Crippen molar-refractivity contribution >= 4 is 17.6 Å². The normalized spacial score (nSPS) is 15.9. The molecule has 1 N–H and O–H groups in total. The van der Waals surface area contributed by atoms with Gasteiger partial charge >= 0.3 is 11.8 Å². The number of nitrogens with one attached hydrogen (secondary N) is 1. The molecule has 0 aromatic carbocycles. The predicted molar refractivity (Wildman–Crippen MR) is 90.1 cm³/mol. The molecule has 24 heavy (non-hydrogen) atoms. The number of hydrogen-bond acceptors (Lipinski definition) is 6. The number of piperidine rings is 1. The molecule has 132 valence electrons. The maximum Gasteiger partial charge on any atom is 0.410 e. The molecule has 1 saturated heterocycles. The lowest BCUT2D eigenvalue weighted by molar-refractivity contribution is -0.384. The summed E-state index contributed by atoms with van der Waals surface area (Å²) in [6, 6.07) is 3.12. The van der Waals surface area contributed by atoms with E-state index in [1.807, 2.05) is 20.8 Å². The van der Waals surface area contributed by atoms with Crippen LogP contribution in [-0.2, 0) is 4.74 Å². The molecule has 1 fully saturated rings. The van der Waals surface area contributed by atoms with Crippen LogP contribution in [0.4, 0.5) is 16.3 Å². The SMILES string of the molecule is Cc1ccc([N+](=O)[O-])c(NC2CCN(C(=O)OC(C)(C)C)CC2)n1. The van der Waals surface area contributed by atoms with Gasteiger partial charge in [-0.1, -0.05) is 0 Å². The van der Waals surface area contributed by atoms with Crippen molar-refractivity contribution in [2.24, 2.45) is 0 Å². The minimum absolute atomic E-state index is 0.0322. The molecule has 1 aromatic rings. The number of hydrogen-bond donors (Lipinski definition) is 1. The number of carbonyl (C=O) groups is 1. The lowest BCUT2D eigenvalue weighted by atomic mass is 10.1. The monoisotopic (exact) mass is 336 g/mol. The van der Waals surface area contributed by atoms with Gasteiger partial charge in [0, 0.05) is 30.9 Å². The third-order valence-corrected chi connectivity index (χ3v) is 3.70. The Bertz CT molecular complexity index is 619. The number of anilines is 1. The summed E-state index contributed by atoms with van der Waals surface area (Å²) in [5.74, 6) is 0.288. The molecule has 0 unspecified atom stereocenters. The number of ether oxygens (including phenoxy) is 1. The van der Waals surface area contributed by atoms with Crippen molar-refractivity contribution in [3.63, 3.8) is 0 Å². The highest BCUT2D eigenvalue weighted by molar-refractivity contribution is 5.68. The van der Waals surface area contributed by atoms with Crippen LogP contribution in [0.1, 0.15) is 39.3 Å². The number of aromatic nitrogens is 1. The number of likely N-dealkylation sites (tertiary alicyclic amines) is 1. The van der Waals surface area contributed by atoms with Gasteiger partial charge in [0.1, 0.15) is 5.60 Å². The standard InChI is InChI=1S/C16H24N4O4/c1-11-5-6-13(20(22)23)14(17-11)18-12-7-9-19(10-8-12)15(21)24-16(2,3)4/h5-6,12H,7-10H2,1-4H3,(H,17,18). The third-order valence-electron chi connectivity index (χ3n) is 3.70. The molecule has 1 amide bonds. The van der Waals surface area contributed by atoms with Crippen molar-refractivity contribution < 1.29 is 14.5 Å². The van der Waals surface area contributed by atoms with Gasteiger partial charge in [0.25, 0.3) is 0 Å². The second kappa shape index (κ2) is 7.02. The van der Waals surface area contributed by atoms with E-state index in [2.05, 4.69) is 10.3 Å². The number of nitro groups is 1. The van der Waals surface area contributed by atoms with Gasteiger partial charge in [0.15, 0.2) is 0 Å². The fourth-order valence-corrected chi connectivity index (χ4v) is 2.53. The maximum absolute atomic E-state index is 12.0. The molecule has 2 heterocycles. The van der Waals surface area contributed by atoms with Crippen LogP contribution < -0.4 is 5.32 Å². The molecule has 1 aliphatic heterocycles. The molecule has 8 heteroatoms. The molecule has 0 radical (unpaired) electrons. The topological polar surface area (TPSA) is 97.6 Å². The molecular formula is C16H24N4O4. The van der Waals surface area contributed by atoms with E-state index in [9.17, 15) is 14.9 Å². The van der Waals surface area contributed by atoms with Crippen LogP contribution in [0.5, 0.6) is 0 Å². The third kappa shape index (κ3) is 4.81. The number of nitrogens with zero attached hydrogens (tertiary/aromatic N) is 3. The highest BCUT2D eigenvalue weighted by Crippen LogP contribution is 2.25. The summed E-state index contributed by atoms with van der Waals surface area (Å²) in [5.41, 5.74) is 0.169. The van der Waals surface area contributed by atoms with Crippen LogP contribution in [0.3, 0.4) is 0 Å². The summed E-state index contributed by atoms with van der Waals surface area (Å²) >= 11 is 0. The predicted octanol–water partition coefficient (Wildman–Crippen LogP) is 3.11. The van der Waals surface area contributed by atoms with E-state index >= 15 is 0 Å². The van der Waals surface area contributed by atoms with Gasteiger partial charge in [-0.25, -0.2) is 9.78 Å². The highest BCUT2D eigenvalue weighted by Gasteiger charge is 2.28. The Hall–Kier alpha value is -2.38. The van der Waals surface area contributed by atoms with Gasteiger partial charge in [-0.15, -0.1) is 0 Å². The van der Waals surface area contributed by atoms with Crippen LogP contribution in [-0.4, -0.2) is 45.6 Å². The van der Waals surface area contributed by atoms with E-state index in [0.29, 0.717) is 31.6 Å². The largest absolute Gasteiger partial charge is 0.444 e. The van der Waals surface area contributed by atoms with E-state index in [1.54, 1.807) is 17.9 Å². The molecule has 1 aliphatic rings. The molecule has 0 aliphatic carbocycles. The van der Waals surface area contributed by atoms with Crippen LogP contribution in [0.25, 0.3) is 0 Å². The van der Waals surface area contributed by atoms with Gasteiger partial charge in [-0.05, 0) is 46.6 Å². The number of aryl methyl sites for hydroxylation is 1. The minimum atomic E-state index is -0.516. The molecule has 1 aromatic heterocycles. The summed E-state index contributed by atoms with van der Waals surface area (Å²) in [7, 11) is 0. The molecule has 0 bridgehead atoms. The smallest absolute Gasteiger partial charge is 0.410 e. The number of rotatable bonds is 3. The summed E-state index contributed by atoms with van der Waals surface area (Å²) in [6.07, 6.45) is 1.05. The summed E-state index contributed by atoms with van der Waals surface area (Å²) in [4.78, 5) is 28.6. The van der Waals surface area contributed by atoms with E-state index in [-0.39, 0.29) is 23.6 Å². The quantitative estimate of drug-likeness (QED) is 0.673. The van der Waals surface area contributed by atoms with Gasteiger partial charge in [0.05, 0.1) is 4.92 Å². The lowest BCUT2D eigenvalue weighted by Gasteiger charge is -2.33. The van der Waals surface area contributed by atoms with Crippen molar-refractivity contribution in [2.45, 2.75) is 52.2 Å². The Kier molecular flexibility index (Phi) is 5.26. The first kappa shape index (κ1) is 18.0. The zero-order valence-corrected chi connectivity index (χ0v) is 14.5. The van der Waals surface area contributed by atoms with Crippen molar-refractivity contribution in [3.8, 4) is 0 Å². The Morgan fingerprint density at radius 1 is 1.38 bits per heavy atom. The Morgan fingerprint density at radius 2 is 2.00 bits per heavy atom. The number of carbonyl (C=O) groups excluding carboxylic acids is 1. The summed E-state index contributed by atoms with van der Waals surface area (Å²) < 4.78 is 5.36. The number of pyridine rings is 1. The van der Waals surface area contributed by atoms with Crippen molar-refractivity contribution in [2.75, 3.05) is 18.4 Å². The summed E-state index contributed by atoms with van der Waals surface area (Å²) in [6.45, 7) is 8.39. The van der Waals surface area contributed by atoms with E-state index in [0.717, 1.165) is 0 Å². The van der Waals surface area contributed by atoms with Crippen LogP contribution in [0.15, 0.2) is 12.1 Å². The Morgan fingerprint density at radius 3 is 2.54 bits per heavy atom. The lowest BCUT2D eigenvalue weighted by Crippen LogP contribution is -2.44. The molecule has 0 saturated carbocycles. The number of amides is 1. The first-order valence-corrected chi connectivity index (χ1v) is 8.02. The van der Waals surface area contributed by atoms with Crippen LogP contribution in [0.2, 0.25) is 0 Å². The molecule has 2 rings (SSSR count). The first-order valence-electron chi connectivity index (χ1n) is 8.02. The van der Waals surface area contributed by atoms with Gasteiger partial charge in [0.2, 0.25) is 5.82 Å². The minimum Gasteiger partial charge on any atom is -0.444 e.